The molecule has 0 bridgehead atoms. The van der Waals surface area contributed by atoms with Gasteiger partial charge in [0.25, 0.3) is 0 Å². The summed E-state index contributed by atoms with van der Waals surface area (Å²) in [5, 5.41) is 0. The zero-order valence-corrected chi connectivity index (χ0v) is 10.8. The third-order valence-corrected chi connectivity index (χ3v) is 2.89. The SMILES string of the molecule is CONCc1cc(OC)c(OC)c(SC)c1. The van der Waals surface area contributed by atoms with E-state index >= 15 is 0 Å². The molecule has 5 heteroatoms. The Morgan fingerprint density at radius 1 is 1.19 bits per heavy atom. The molecule has 1 aromatic carbocycles. The molecule has 0 heterocycles. The van der Waals surface area contributed by atoms with Crippen LogP contribution in [0.4, 0.5) is 0 Å². The fourth-order valence-corrected chi connectivity index (χ4v) is 2.03. The molecule has 0 aliphatic carbocycles. The second kappa shape index (κ2) is 6.62. The molecule has 0 aliphatic heterocycles. The molecule has 0 atom stereocenters. The third-order valence-electron chi connectivity index (χ3n) is 2.15. The van der Waals surface area contributed by atoms with E-state index in [1.54, 1.807) is 33.1 Å². The highest BCUT2D eigenvalue weighted by Gasteiger charge is 2.11. The number of hydrogen-bond donors (Lipinski definition) is 1. The second-order valence-electron chi connectivity index (χ2n) is 3.06. The first-order chi connectivity index (χ1) is 7.76. The molecule has 1 rings (SSSR count). The third kappa shape index (κ3) is 3.04. The molecule has 0 spiro atoms. The monoisotopic (exact) mass is 243 g/mol. The molecule has 0 saturated heterocycles. The van der Waals surface area contributed by atoms with Crippen LogP contribution in [0.15, 0.2) is 17.0 Å². The summed E-state index contributed by atoms with van der Waals surface area (Å²) in [6, 6.07) is 3.99. The zero-order chi connectivity index (χ0) is 12.0. The van der Waals surface area contributed by atoms with Crippen LogP contribution in [-0.2, 0) is 11.4 Å². The minimum Gasteiger partial charge on any atom is -0.493 e. The van der Waals surface area contributed by atoms with Gasteiger partial charge in [-0.25, -0.2) is 0 Å². The van der Waals surface area contributed by atoms with Gasteiger partial charge < -0.3 is 14.3 Å². The number of benzene rings is 1. The van der Waals surface area contributed by atoms with E-state index in [1.165, 1.54) is 0 Å². The molecule has 0 amide bonds. The van der Waals surface area contributed by atoms with Gasteiger partial charge in [0.15, 0.2) is 11.5 Å². The molecule has 1 N–H and O–H groups in total. The molecule has 0 aliphatic rings. The van der Waals surface area contributed by atoms with Crippen molar-refractivity contribution in [2.45, 2.75) is 11.4 Å². The lowest BCUT2D eigenvalue weighted by Crippen LogP contribution is -2.11. The Morgan fingerprint density at radius 2 is 1.94 bits per heavy atom. The summed E-state index contributed by atoms with van der Waals surface area (Å²) in [6.45, 7) is 0.629. The highest BCUT2D eigenvalue weighted by Crippen LogP contribution is 2.37. The van der Waals surface area contributed by atoms with Gasteiger partial charge in [-0.15, -0.1) is 11.8 Å². The highest BCUT2D eigenvalue weighted by atomic mass is 32.2. The van der Waals surface area contributed by atoms with Gasteiger partial charge in [-0.3, -0.25) is 0 Å². The van der Waals surface area contributed by atoms with Gasteiger partial charge in [0.1, 0.15) is 0 Å². The fraction of sp³-hybridized carbons (Fsp3) is 0.455. The maximum atomic E-state index is 5.32. The highest BCUT2D eigenvalue weighted by molar-refractivity contribution is 7.98. The maximum Gasteiger partial charge on any atom is 0.174 e. The van der Waals surface area contributed by atoms with Crippen molar-refractivity contribution in [1.82, 2.24) is 5.48 Å². The van der Waals surface area contributed by atoms with Crippen LogP contribution in [0.3, 0.4) is 0 Å². The minimum atomic E-state index is 0.629. The Balaban J connectivity index is 3.05. The van der Waals surface area contributed by atoms with Crippen molar-refractivity contribution in [3.8, 4) is 11.5 Å². The van der Waals surface area contributed by atoms with E-state index in [2.05, 4.69) is 11.5 Å². The molecule has 0 aromatic heterocycles. The van der Waals surface area contributed by atoms with Gasteiger partial charge in [0.05, 0.1) is 26.2 Å². The first-order valence-electron chi connectivity index (χ1n) is 4.81. The van der Waals surface area contributed by atoms with Crippen LogP contribution in [0.1, 0.15) is 5.56 Å². The zero-order valence-electron chi connectivity index (χ0n) is 9.99. The van der Waals surface area contributed by atoms with Gasteiger partial charge in [0.2, 0.25) is 0 Å². The predicted octanol–water partition coefficient (Wildman–Crippen LogP) is 2.08. The standard InChI is InChI=1S/C11H17NO3S/c1-13-9-5-8(7-12-15-3)6-10(16-4)11(9)14-2/h5-6,12H,7H2,1-4H3. The number of hydroxylamine groups is 1. The van der Waals surface area contributed by atoms with Crippen molar-refractivity contribution >= 4 is 11.8 Å². The van der Waals surface area contributed by atoms with Crippen molar-refractivity contribution < 1.29 is 14.3 Å². The average Bonchev–Trinajstić information content (AvgIpc) is 2.34. The Bertz CT molecular complexity index is 319. The van der Waals surface area contributed by atoms with E-state index in [1.807, 2.05) is 12.3 Å². The lowest BCUT2D eigenvalue weighted by molar-refractivity contribution is 0.0866. The van der Waals surface area contributed by atoms with Gasteiger partial charge in [-0.05, 0) is 24.0 Å². The van der Waals surface area contributed by atoms with Crippen LogP contribution in [-0.4, -0.2) is 27.6 Å². The molecular formula is C11H17NO3S. The van der Waals surface area contributed by atoms with Crippen molar-refractivity contribution in [1.29, 1.82) is 0 Å². The van der Waals surface area contributed by atoms with E-state index in [4.69, 9.17) is 14.3 Å². The molecule has 1 aromatic rings. The summed E-state index contributed by atoms with van der Waals surface area (Å²) >= 11 is 1.62. The number of ether oxygens (including phenoxy) is 2. The van der Waals surface area contributed by atoms with Gasteiger partial charge >= 0.3 is 0 Å². The predicted molar refractivity (Wildman–Crippen MR) is 65.2 cm³/mol. The molecule has 90 valence electrons. The number of hydrogen-bond acceptors (Lipinski definition) is 5. The van der Waals surface area contributed by atoms with Gasteiger partial charge in [-0.2, -0.15) is 5.48 Å². The first kappa shape index (κ1) is 13.2. The largest absolute Gasteiger partial charge is 0.493 e. The van der Waals surface area contributed by atoms with Crippen molar-refractivity contribution in [3.05, 3.63) is 17.7 Å². The van der Waals surface area contributed by atoms with Crippen LogP contribution in [0.25, 0.3) is 0 Å². The van der Waals surface area contributed by atoms with Crippen molar-refractivity contribution in [2.24, 2.45) is 0 Å². The normalized spacial score (nSPS) is 10.2. The topological polar surface area (TPSA) is 39.7 Å². The summed E-state index contributed by atoms with van der Waals surface area (Å²) in [5.74, 6) is 1.51. The van der Waals surface area contributed by atoms with Gasteiger partial charge in [-0.1, -0.05) is 0 Å². The Kier molecular flexibility index (Phi) is 5.45. The van der Waals surface area contributed by atoms with E-state index in [9.17, 15) is 0 Å². The minimum absolute atomic E-state index is 0.629. The first-order valence-corrected chi connectivity index (χ1v) is 6.04. The fourth-order valence-electron chi connectivity index (χ4n) is 1.39. The number of methoxy groups -OCH3 is 2. The molecular weight excluding hydrogens is 226 g/mol. The molecule has 0 radical (unpaired) electrons. The van der Waals surface area contributed by atoms with E-state index in [0.29, 0.717) is 6.54 Å². The molecule has 4 nitrogen and oxygen atoms in total. The van der Waals surface area contributed by atoms with Crippen molar-refractivity contribution in [3.63, 3.8) is 0 Å². The number of thioether (sulfide) groups is 1. The summed E-state index contributed by atoms with van der Waals surface area (Å²) in [4.78, 5) is 5.87. The van der Waals surface area contributed by atoms with Crippen LogP contribution < -0.4 is 15.0 Å². The quantitative estimate of drug-likeness (QED) is 0.612. The van der Waals surface area contributed by atoms with Crippen LogP contribution >= 0.6 is 11.8 Å². The van der Waals surface area contributed by atoms with E-state index in [-0.39, 0.29) is 0 Å². The Hall–Kier alpha value is -0.910. The lowest BCUT2D eigenvalue weighted by Gasteiger charge is -2.13. The number of rotatable bonds is 6. The Morgan fingerprint density at radius 3 is 2.44 bits per heavy atom. The molecule has 16 heavy (non-hydrogen) atoms. The van der Waals surface area contributed by atoms with Crippen LogP contribution in [0.5, 0.6) is 11.5 Å². The number of nitrogens with one attached hydrogen (secondary N) is 1. The smallest absolute Gasteiger partial charge is 0.174 e. The van der Waals surface area contributed by atoms with Crippen LogP contribution in [0.2, 0.25) is 0 Å². The molecule has 0 unspecified atom stereocenters. The van der Waals surface area contributed by atoms with Crippen LogP contribution in [0, 0.1) is 0 Å². The molecule has 0 saturated carbocycles. The summed E-state index contributed by atoms with van der Waals surface area (Å²) in [5.41, 5.74) is 3.89. The van der Waals surface area contributed by atoms with Crippen molar-refractivity contribution in [2.75, 3.05) is 27.6 Å². The summed E-state index contributed by atoms with van der Waals surface area (Å²) in [7, 11) is 4.87. The molecule has 0 fully saturated rings. The van der Waals surface area contributed by atoms with E-state index in [0.717, 1.165) is 22.0 Å². The van der Waals surface area contributed by atoms with E-state index < -0.39 is 0 Å². The summed E-state index contributed by atoms with van der Waals surface area (Å²) in [6.07, 6.45) is 2.00. The second-order valence-corrected chi connectivity index (χ2v) is 3.91. The maximum absolute atomic E-state index is 5.32. The Labute approximate surface area is 100 Å². The van der Waals surface area contributed by atoms with Gasteiger partial charge in [0, 0.05) is 6.54 Å². The lowest BCUT2D eigenvalue weighted by atomic mass is 10.2. The average molecular weight is 243 g/mol. The summed E-state index contributed by atoms with van der Waals surface area (Å²) < 4.78 is 10.6.